The standard InChI is InChI=1S/C19H23ClN4O5/c1-12-8-17(29-22-12)19(26)24-6-4-23(5-7-24)11-18(25)21-14-9-13(20)15(27-2)10-16(14)28-3/h8-10H,4-7,11H2,1-3H3,(H,21,25). The molecule has 1 N–H and O–H groups in total. The lowest BCUT2D eigenvalue weighted by Gasteiger charge is -2.33. The third kappa shape index (κ3) is 4.99. The summed E-state index contributed by atoms with van der Waals surface area (Å²) in [6.07, 6.45) is 0. The topological polar surface area (TPSA) is 97.1 Å². The second kappa shape index (κ2) is 9.15. The van der Waals surface area contributed by atoms with E-state index in [4.69, 9.17) is 25.6 Å². The monoisotopic (exact) mass is 422 g/mol. The summed E-state index contributed by atoms with van der Waals surface area (Å²) in [7, 11) is 3.01. The smallest absolute Gasteiger partial charge is 0.292 e. The highest BCUT2D eigenvalue weighted by Crippen LogP contribution is 2.35. The summed E-state index contributed by atoms with van der Waals surface area (Å²) in [4.78, 5) is 28.5. The number of nitrogens with one attached hydrogen (secondary N) is 1. The van der Waals surface area contributed by atoms with Crippen molar-refractivity contribution in [1.29, 1.82) is 0 Å². The predicted octanol–water partition coefficient (Wildman–Crippen LogP) is 2.05. The molecule has 3 rings (SSSR count). The highest BCUT2D eigenvalue weighted by molar-refractivity contribution is 6.32. The first-order valence-electron chi connectivity index (χ1n) is 9.07. The molecule has 0 saturated carbocycles. The number of rotatable bonds is 6. The van der Waals surface area contributed by atoms with Gasteiger partial charge in [0.25, 0.3) is 5.91 Å². The molecule has 1 aliphatic rings. The molecule has 0 atom stereocenters. The summed E-state index contributed by atoms with van der Waals surface area (Å²) in [5.41, 5.74) is 1.13. The number of carbonyl (C=O) groups excluding carboxylic acids is 2. The number of hydrogen-bond donors (Lipinski definition) is 1. The third-order valence-corrected chi connectivity index (χ3v) is 4.91. The van der Waals surface area contributed by atoms with E-state index < -0.39 is 0 Å². The summed E-state index contributed by atoms with van der Waals surface area (Å²) in [5.74, 6) is 0.765. The van der Waals surface area contributed by atoms with E-state index in [1.54, 1.807) is 30.0 Å². The van der Waals surface area contributed by atoms with Crippen LogP contribution in [0.4, 0.5) is 5.69 Å². The van der Waals surface area contributed by atoms with Crippen LogP contribution in [0.25, 0.3) is 0 Å². The Kier molecular flexibility index (Phi) is 6.60. The first-order valence-corrected chi connectivity index (χ1v) is 9.45. The van der Waals surface area contributed by atoms with Gasteiger partial charge in [0.15, 0.2) is 0 Å². The van der Waals surface area contributed by atoms with E-state index >= 15 is 0 Å². The molecule has 1 aromatic heterocycles. The lowest BCUT2D eigenvalue weighted by atomic mass is 10.2. The van der Waals surface area contributed by atoms with Crippen molar-refractivity contribution >= 4 is 29.1 Å². The van der Waals surface area contributed by atoms with Gasteiger partial charge in [-0.3, -0.25) is 14.5 Å². The fourth-order valence-corrected chi connectivity index (χ4v) is 3.32. The number of hydrogen-bond acceptors (Lipinski definition) is 7. The van der Waals surface area contributed by atoms with Gasteiger partial charge in [-0.05, 0) is 13.0 Å². The van der Waals surface area contributed by atoms with Crippen LogP contribution in [0.1, 0.15) is 16.2 Å². The molecule has 1 saturated heterocycles. The molecule has 0 unspecified atom stereocenters. The number of anilines is 1. The van der Waals surface area contributed by atoms with E-state index in [9.17, 15) is 9.59 Å². The molecule has 1 aromatic carbocycles. The van der Waals surface area contributed by atoms with Crippen molar-refractivity contribution in [2.45, 2.75) is 6.92 Å². The van der Waals surface area contributed by atoms with Gasteiger partial charge >= 0.3 is 0 Å². The maximum Gasteiger partial charge on any atom is 0.292 e. The van der Waals surface area contributed by atoms with E-state index in [1.807, 2.05) is 4.90 Å². The molecule has 1 fully saturated rings. The molecule has 29 heavy (non-hydrogen) atoms. The normalized spacial score (nSPS) is 14.6. The highest BCUT2D eigenvalue weighted by atomic mass is 35.5. The van der Waals surface area contributed by atoms with Crippen molar-refractivity contribution in [3.8, 4) is 11.5 Å². The van der Waals surface area contributed by atoms with Crippen molar-refractivity contribution in [2.75, 3.05) is 52.3 Å². The molecular formula is C19H23ClN4O5. The van der Waals surface area contributed by atoms with Gasteiger partial charge in [0.05, 0.1) is 37.2 Å². The Morgan fingerprint density at radius 2 is 1.83 bits per heavy atom. The number of ether oxygens (including phenoxy) is 2. The predicted molar refractivity (Wildman–Crippen MR) is 107 cm³/mol. The molecule has 2 heterocycles. The van der Waals surface area contributed by atoms with Gasteiger partial charge in [-0.1, -0.05) is 16.8 Å². The van der Waals surface area contributed by atoms with E-state index in [0.29, 0.717) is 54.1 Å². The number of halogens is 1. The zero-order valence-electron chi connectivity index (χ0n) is 16.5. The molecule has 0 spiro atoms. The number of nitrogens with zero attached hydrogens (tertiary/aromatic N) is 3. The van der Waals surface area contributed by atoms with Crippen molar-refractivity contribution in [3.05, 3.63) is 34.7 Å². The molecule has 1 aliphatic heterocycles. The van der Waals surface area contributed by atoms with Gasteiger partial charge in [0.1, 0.15) is 11.5 Å². The van der Waals surface area contributed by atoms with E-state index in [1.165, 1.54) is 14.2 Å². The Labute approximate surface area is 173 Å². The van der Waals surface area contributed by atoms with Crippen LogP contribution >= 0.6 is 11.6 Å². The number of aryl methyl sites for hydroxylation is 1. The van der Waals surface area contributed by atoms with E-state index in [-0.39, 0.29) is 24.1 Å². The Morgan fingerprint density at radius 3 is 2.41 bits per heavy atom. The summed E-state index contributed by atoms with van der Waals surface area (Å²) >= 11 is 6.14. The second-order valence-electron chi connectivity index (χ2n) is 6.64. The minimum absolute atomic E-state index is 0.188. The van der Waals surface area contributed by atoms with Crippen LogP contribution in [0, 0.1) is 6.92 Å². The molecule has 2 amide bonds. The van der Waals surface area contributed by atoms with E-state index in [0.717, 1.165) is 0 Å². The zero-order valence-corrected chi connectivity index (χ0v) is 17.3. The average Bonchev–Trinajstić information content (AvgIpc) is 3.14. The van der Waals surface area contributed by atoms with Gasteiger partial charge in [0.2, 0.25) is 11.7 Å². The van der Waals surface area contributed by atoms with Crippen molar-refractivity contribution < 1.29 is 23.6 Å². The quantitative estimate of drug-likeness (QED) is 0.760. The Hall–Kier alpha value is -2.78. The van der Waals surface area contributed by atoms with Crippen molar-refractivity contribution in [3.63, 3.8) is 0 Å². The van der Waals surface area contributed by atoms with Crippen molar-refractivity contribution in [2.24, 2.45) is 0 Å². The van der Waals surface area contributed by atoms with Gasteiger partial charge in [-0.2, -0.15) is 0 Å². The molecule has 9 nitrogen and oxygen atoms in total. The van der Waals surface area contributed by atoms with E-state index in [2.05, 4.69) is 10.5 Å². The maximum absolute atomic E-state index is 12.5. The minimum Gasteiger partial charge on any atom is -0.495 e. The Bertz CT molecular complexity index is 893. The first-order chi connectivity index (χ1) is 13.9. The van der Waals surface area contributed by atoms with Crippen LogP contribution in [0.5, 0.6) is 11.5 Å². The molecule has 156 valence electrons. The molecule has 2 aromatic rings. The van der Waals surface area contributed by atoms with Crippen LogP contribution in [0.2, 0.25) is 5.02 Å². The number of carbonyl (C=O) groups is 2. The zero-order chi connectivity index (χ0) is 21.0. The van der Waals surface area contributed by atoms with Gasteiger partial charge in [-0.15, -0.1) is 0 Å². The molecular weight excluding hydrogens is 400 g/mol. The maximum atomic E-state index is 12.5. The summed E-state index contributed by atoms with van der Waals surface area (Å²) < 4.78 is 15.5. The number of piperazine rings is 1. The number of methoxy groups -OCH3 is 2. The van der Waals surface area contributed by atoms with Gasteiger partial charge < -0.3 is 24.2 Å². The molecule has 0 radical (unpaired) electrons. The van der Waals surface area contributed by atoms with Crippen LogP contribution in [-0.2, 0) is 4.79 Å². The minimum atomic E-state index is -0.199. The second-order valence-corrected chi connectivity index (χ2v) is 7.04. The third-order valence-electron chi connectivity index (χ3n) is 4.61. The molecule has 0 aliphatic carbocycles. The largest absolute Gasteiger partial charge is 0.495 e. The number of amides is 2. The SMILES string of the molecule is COc1cc(OC)c(NC(=O)CN2CCN(C(=O)c3cc(C)no3)CC2)cc1Cl. The lowest BCUT2D eigenvalue weighted by Crippen LogP contribution is -2.50. The molecule has 0 bridgehead atoms. The fraction of sp³-hybridized carbons (Fsp3) is 0.421. The number of benzene rings is 1. The van der Waals surface area contributed by atoms with Gasteiger partial charge in [0, 0.05) is 38.3 Å². The van der Waals surface area contributed by atoms with Gasteiger partial charge in [-0.25, -0.2) is 0 Å². The summed E-state index contributed by atoms with van der Waals surface area (Å²) in [5, 5.41) is 6.93. The van der Waals surface area contributed by atoms with Crippen LogP contribution in [-0.4, -0.2) is 73.7 Å². The molecule has 10 heteroatoms. The Morgan fingerprint density at radius 1 is 1.14 bits per heavy atom. The summed E-state index contributed by atoms with van der Waals surface area (Å²) in [6.45, 7) is 4.12. The summed E-state index contributed by atoms with van der Waals surface area (Å²) in [6, 6.07) is 4.83. The fourth-order valence-electron chi connectivity index (χ4n) is 3.08. The highest BCUT2D eigenvalue weighted by Gasteiger charge is 2.25. The van der Waals surface area contributed by atoms with Crippen LogP contribution in [0.3, 0.4) is 0 Å². The first kappa shape index (κ1) is 20.9. The van der Waals surface area contributed by atoms with Crippen molar-refractivity contribution in [1.82, 2.24) is 15.0 Å². The Balaban J connectivity index is 1.54. The lowest BCUT2D eigenvalue weighted by molar-refractivity contribution is -0.117. The number of aromatic nitrogens is 1. The van der Waals surface area contributed by atoms with Crippen LogP contribution in [0.15, 0.2) is 22.7 Å². The van der Waals surface area contributed by atoms with Crippen LogP contribution < -0.4 is 14.8 Å². The average molecular weight is 423 g/mol.